The van der Waals surface area contributed by atoms with Crippen LogP contribution in [0.4, 0.5) is 4.39 Å². The van der Waals surface area contributed by atoms with Crippen molar-refractivity contribution in [1.29, 1.82) is 0 Å². The summed E-state index contributed by atoms with van der Waals surface area (Å²) < 4.78 is 21.4. The maximum Gasteiger partial charge on any atom is 0.328 e. The Morgan fingerprint density at radius 2 is 2.14 bits per heavy atom. The molecular weight excluding hydrogens is 275 g/mol. The molecule has 1 heterocycles. The van der Waals surface area contributed by atoms with Crippen LogP contribution in [-0.2, 0) is 6.54 Å². The van der Waals surface area contributed by atoms with E-state index in [9.17, 15) is 14.0 Å². The molecule has 0 bridgehead atoms. The summed E-state index contributed by atoms with van der Waals surface area (Å²) in [6.45, 7) is -0.0929. The minimum Gasteiger partial charge on any atom is -0.494 e. The first kappa shape index (κ1) is 13.6. The molecule has 1 fully saturated rings. The van der Waals surface area contributed by atoms with Gasteiger partial charge in [-0.05, 0) is 31.0 Å². The average molecular weight is 290 g/mol. The van der Waals surface area contributed by atoms with Crippen molar-refractivity contribution in [2.45, 2.75) is 25.4 Å². The number of benzene rings is 1. The second-order valence-electron chi connectivity index (χ2n) is 5.12. The lowest BCUT2D eigenvalue weighted by Crippen LogP contribution is -2.26. The number of ether oxygens (including phenoxy) is 1. The van der Waals surface area contributed by atoms with Gasteiger partial charge in [-0.15, -0.1) is 0 Å². The minimum atomic E-state index is -0.591. The maximum atomic E-state index is 13.6. The highest BCUT2D eigenvalue weighted by Crippen LogP contribution is 2.33. The molecule has 1 saturated carbocycles. The van der Waals surface area contributed by atoms with Crippen LogP contribution < -0.4 is 10.4 Å². The van der Waals surface area contributed by atoms with Crippen LogP contribution in [0, 0.1) is 5.82 Å². The Hall–Kier alpha value is -2.37. The first-order valence-corrected chi connectivity index (χ1v) is 6.74. The number of hydrogen-bond donors (Lipinski definition) is 0. The summed E-state index contributed by atoms with van der Waals surface area (Å²) in [4.78, 5) is 24.2. The number of methoxy groups -OCH3 is 1. The highest BCUT2D eigenvalue weighted by molar-refractivity contribution is 5.96. The van der Waals surface area contributed by atoms with E-state index in [0.29, 0.717) is 0 Å². The number of hydrogen-bond acceptors (Lipinski definition) is 3. The molecule has 0 N–H and O–H groups in total. The Morgan fingerprint density at radius 3 is 2.76 bits per heavy atom. The van der Waals surface area contributed by atoms with Crippen LogP contribution in [-0.4, -0.2) is 22.0 Å². The van der Waals surface area contributed by atoms with Gasteiger partial charge in [-0.1, -0.05) is 0 Å². The van der Waals surface area contributed by atoms with Gasteiger partial charge in [0.15, 0.2) is 17.3 Å². The van der Waals surface area contributed by atoms with Crippen LogP contribution in [0.2, 0.25) is 0 Å². The van der Waals surface area contributed by atoms with E-state index in [0.717, 1.165) is 18.9 Å². The fraction of sp³-hybridized carbons (Fsp3) is 0.333. The minimum absolute atomic E-state index is 0.0867. The summed E-state index contributed by atoms with van der Waals surface area (Å²) >= 11 is 0. The zero-order chi connectivity index (χ0) is 15.0. The van der Waals surface area contributed by atoms with Crippen molar-refractivity contribution >= 4 is 5.78 Å². The molecule has 1 aromatic heterocycles. The van der Waals surface area contributed by atoms with Gasteiger partial charge < -0.3 is 4.74 Å². The van der Waals surface area contributed by atoms with Crippen molar-refractivity contribution in [3.05, 3.63) is 52.5 Å². The quantitative estimate of drug-likeness (QED) is 0.792. The van der Waals surface area contributed by atoms with E-state index in [1.807, 2.05) is 0 Å². The lowest BCUT2D eigenvalue weighted by atomic mass is 10.1. The third-order valence-electron chi connectivity index (χ3n) is 3.60. The molecule has 0 radical (unpaired) electrons. The molecule has 1 aliphatic carbocycles. The fourth-order valence-corrected chi connectivity index (χ4v) is 2.26. The molecule has 0 unspecified atom stereocenters. The van der Waals surface area contributed by atoms with Crippen LogP contribution in [0.1, 0.15) is 29.2 Å². The number of rotatable bonds is 5. The van der Waals surface area contributed by atoms with Gasteiger partial charge >= 0.3 is 5.69 Å². The van der Waals surface area contributed by atoms with Crippen molar-refractivity contribution in [3.8, 4) is 5.75 Å². The SMILES string of the molecule is COc1ccc(C(=O)Cn2ccn(C3CC3)c2=O)cc1F. The molecule has 1 aliphatic rings. The van der Waals surface area contributed by atoms with Gasteiger partial charge in [0, 0.05) is 24.0 Å². The van der Waals surface area contributed by atoms with E-state index < -0.39 is 5.82 Å². The van der Waals surface area contributed by atoms with E-state index in [1.165, 1.54) is 23.8 Å². The second kappa shape index (κ2) is 5.20. The van der Waals surface area contributed by atoms with Crippen molar-refractivity contribution in [2.24, 2.45) is 0 Å². The third kappa shape index (κ3) is 2.61. The lowest BCUT2D eigenvalue weighted by molar-refractivity contribution is 0.0970. The number of halogens is 1. The first-order chi connectivity index (χ1) is 10.1. The number of nitrogens with zero attached hydrogens (tertiary/aromatic N) is 2. The number of Topliss-reactive ketones (excluding diaryl/α,β-unsaturated/α-hetero) is 1. The molecule has 0 atom stereocenters. The van der Waals surface area contributed by atoms with Gasteiger partial charge in [0.25, 0.3) is 0 Å². The summed E-state index contributed by atoms with van der Waals surface area (Å²) in [7, 11) is 1.36. The van der Waals surface area contributed by atoms with Crippen LogP contribution in [0.5, 0.6) is 5.75 Å². The van der Waals surface area contributed by atoms with Gasteiger partial charge in [-0.25, -0.2) is 9.18 Å². The topological polar surface area (TPSA) is 53.2 Å². The van der Waals surface area contributed by atoms with Crippen molar-refractivity contribution in [1.82, 2.24) is 9.13 Å². The molecule has 0 aliphatic heterocycles. The fourth-order valence-electron chi connectivity index (χ4n) is 2.26. The van der Waals surface area contributed by atoms with Gasteiger partial charge in [-0.2, -0.15) is 0 Å². The predicted molar refractivity (Wildman–Crippen MR) is 74.2 cm³/mol. The second-order valence-corrected chi connectivity index (χ2v) is 5.12. The Balaban J connectivity index is 1.80. The van der Waals surface area contributed by atoms with Gasteiger partial charge in [0.05, 0.1) is 13.7 Å². The summed E-state index contributed by atoms with van der Waals surface area (Å²) in [6, 6.07) is 4.30. The molecule has 110 valence electrons. The highest BCUT2D eigenvalue weighted by atomic mass is 19.1. The average Bonchev–Trinajstić information content (AvgIpc) is 3.25. The lowest BCUT2D eigenvalue weighted by Gasteiger charge is -2.05. The van der Waals surface area contributed by atoms with Crippen LogP contribution in [0.3, 0.4) is 0 Å². The van der Waals surface area contributed by atoms with E-state index in [1.54, 1.807) is 17.0 Å². The molecule has 2 aromatic rings. The van der Waals surface area contributed by atoms with Crippen molar-refractivity contribution < 1.29 is 13.9 Å². The smallest absolute Gasteiger partial charge is 0.328 e. The highest BCUT2D eigenvalue weighted by Gasteiger charge is 2.25. The van der Waals surface area contributed by atoms with Crippen molar-refractivity contribution in [2.75, 3.05) is 7.11 Å². The molecule has 0 amide bonds. The molecule has 21 heavy (non-hydrogen) atoms. The Morgan fingerprint density at radius 1 is 1.38 bits per heavy atom. The van der Waals surface area contributed by atoms with Crippen LogP contribution >= 0.6 is 0 Å². The number of carbonyl (C=O) groups excluding carboxylic acids is 1. The summed E-state index contributed by atoms with van der Waals surface area (Å²) in [5.74, 6) is -0.818. The summed E-state index contributed by atoms with van der Waals surface area (Å²) in [5, 5.41) is 0. The standard InChI is InChI=1S/C15H15FN2O3/c1-21-14-5-2-10(8-12(14)16)13(19)9-17-6-7-18(15(17)20)11-3-4-11/h2,5-8,11H,3-4,9H2,1H3. The zero-order valence-electron chi connectivity index (χ0n) is 11.6. The number of ketones is 1. The maximum absolute atomic E-state index is 13.6. The van der Waals surface area contributed by atoms with E-state index in [2.05, 4.69) is 0 Å². The summed E-state index contributed by atoms with van der Waals surface area (Å²) in [6.07, 6.45) is 5.30. The first-order valence-electron chi connectivity index (χ1n) is 6.74. The van der Waals surface area contributed by atoms with Crippen molar-refractivity contribution in [3.63, 3.8) is 0 Å². The Bertz CT molecular complexity index is 744. The van der Waals surface area contributed by atoms with E-state index in [-0.39, 0.29) is 35.4 Å². The normalized spacial score (nSPS) is 14.2. The molecule has 1 aromatic carbocycles. The monoisotopic (exact) mass is 290 g/mol. The largest absolute Gasteiger partial charge is 0.494 e. The van der Waals surface area contributed by atoms with Gasteiger partial charge in [0.2, 0.25) is 0 Å². The molecule has 3 rings (SSSR count). The van der Waals surface area contributed by atoms with E-state index >= 15 is 0 Å². The Kier molecular flexibility index (Phi) is 3.37. The molecule has 0 spiro atoms. The Labute approximate surface area is 120 Å². The number of imidazole rings is 1. The molecule has 5 nitrogen and oxygen atoms in total. The van der Waals surface area contributed by atoms with Gasteiger partial charge in [0.1, 0.15) is 0 Å². The number of aromatic nitrogens is 2. The third-order valence-corrected chi connectivity index (χ3v) is 3.60. The molecular formula is C15H15FN2O3. The molecule has 0 saturated heterocycles. The van der Waals surface area contributed by atoms with Crippen LogP contribution in [0.15, 0.2) is 35.4 Å². The summed E-state index contributed by atoms with van der Waals surface area (Å²) in [5.41, 5.74) is 0.0270. The van der Waals surface area contributed by atoms with E-state index in [4.69, 9.17) is 4.74 Å². The zero-order valence-corrected chi connectivity index (χ0v) is 11.6. The molecule has 6 heteroatoms. The van der Waals surface area contributed by atoms with Crippen LogP contribution in [0.25, 0.3) is 0 Å². The number of carbonyl (C=O) groups is 1. The predicted octanol–water partition coefficient (Wildman–Crippen LogP) is 2.02. The van der Waals surface area contributed by atoms with Gasteiger partial charge in [-0.3, -0.25) is 13.9 Å².